The van der Waals surface area contributed by atoms with Crippen molar-refractivity contribution in [1.29, 1.82) is 0 Å². The first-order valence-corrected chi connectivity index (χ1v) is 7.02. The third kappa shape index (κ3) is 23.0. The van der Waals surface area contributed by atoms with Crippen molar-refractivity contribution in [3.8, 4) is 0 Å². The topological polar surface area (TPSA) is 20.2 Å². The number of rotatable bonds is 12. The van der Waals surface area contributed by atoms with Crippen molar-refractivity contribution in [2.24, 2.45) is 0 Å². The smallest absolute Gasteiger partial charge is 0.0431 e. The van der Waals surface area contributed by atoms with Gasteiger partial charge in [0.2, 0.25) is 0 Å². The fourth-order valence-corrected chi connectivity index (χ4v) is 1.95. The molecule has 0 rings (SSSR count). The molecule has 100 valence electrons. The van der Waals surface area contributed by atoms with E-state index < -0.39 is 0 Å². The van der Waals surface area contributed by atoms with Gasteiger partial charge in [0.25, 0.3) is 0 Å². The third-order valence-electron chi connectivity index (χ3n) is 3.01. The molecule has 0 aromatic rings. The Hall–Kier alpha value is 1.39. The zero-order valence-corrected chi connectivity index (χ0v) is 14.8. The van der Waals surface area contributed by atoms with E-state index in [4.69, 9.17) is 5.11 Å². The minimum absolute atomic E-state index is 0. The van der Waals surface area contributed by atoms with Crippen LogP contribution in [-0.2, 0) is 43.4 Å². The van der Waals surface area contributed by atoms with Gasteiger partial charge in [-0.25, -0.2) is 0 Å². The van der Waals surface area contributed by atoms with E-state index in [1.165, 1.54) is 70.6 Å². The fourth-order valence-electron chi connectivity index (χ4n) is 1.95. The van der Waals surface area contributed by atoms with Crippen LogP contribution in [-0.4, -0.2) is 11.7 Å². The summed E-state index contributed by atoms with van der Waals surface area (Å²) in [4.78, 5) is 0. The summed E-state index contributed by atoms with van der Waals surface area (Å²) in [5, 5.41) is 8.61. The summed E-state index contributed by atoms with van der Waals surface area (Å²) in [5.74, 6) is 0. The van der Waals surface area contributed by atoms with Crippen molar-refractivity contribution in [3.05, 3.63) is 0 Å². The van der Waals surface area contributed by atoms with Crippen molar-refractivity contribution < 1.29 is 48.5 Å². The average molecular weight is 310 g/mol. The van der Waals surface area contributed by atoms with Crippen LogP contribution in [0.15, 0.2) is 0 Å². The molecule has 0 amide bonds. The summed E-state index contributed by atoms with van der Waals surface area (Å²) in [6.45, 7) is 2.64. The van der Waals surface area contributed by atoms with Gasteiger partial charge in [0, 0.05) is 50.0 Å². The second-order valence-electron chi connectivity index (χ2n) is 4.61. The Labute approximate surface area is 138 Å². The minimum atomic E-state index is 0. The molecule has 0 aliphatic carbocycles. The molecule has 0 bridgehead atoms. The van der Waals surface area contributed by atoms with Crippen LogP contribution in [0.2, 0.25) is 0 Å². The van der Waals surface area contributed by atoms with Crippen LogP contribution in [0.4, 0.5) is 0 Å². The maximum Gasteiger partial charge on any atom is 0.0431 e. The Morgan fingerprint density at radius 3 is 1.12 bits per heavy atom. The zero-order chi connectivity index (χ0) is 11.2. The molecule has 0 saturated carbocycles. The van der Waals surface area contributed by atoms with Crippen molar-refractivity contribution in [2.45, 2.75) is 84.0 Å². The maximum atomic E-state index is 8.61. The molecular weight excluding hydrogens is 280 g/mol. The van der Waals surface area contributed by atoms with Gasteiger partial charge in [0.1, 0.15) is 0 Å². The van der Waals surface area contributed by atoms with Gasteiger partial charge in [0.15, 0.2) is 0 Å². The number of aliphatic hydroxyl groups is 1. The van der Waals surface area contributed by atoms with E-state index in [9.17, 15) is 0 Å². The molecule has 0 radical (unpaired) electrons. The molecule has 0 spiro atoms. The van der Waals surface area contributed by atoms with Crippen LogP contribution in [0.5, 0.6) is 0 Å². The summed E-state index contributed by atoms with van der Waals surface area (Å²) in [7, 11) is 0. The van der Waals surface area contributed by atoms with Gasteiger partial charge in [-0.1, -0.05) is 77.6 Å². The van der Waals surface area contributed by atoms with Crippen LogP contribution < -0.4 is 0 Å². The number of aliphatic hydroxyl groups excluding tert-OH is 1. The Morgan fingerprint density at radius 1 is 0.529 bits per heavy atom. The summed E-state index contributed by atoms with van der Waals surface area (Å²) in [6, 6.07) is 0. The Kier molecular flexibility index (Phi) is 31.2. The number of hydrogen-bond acceptors (Lipinski definition) is 1. The van der Waals surface area contributed by atoms with Crippen LogP contribution in [0.25, 0.3) is 0 Å². The SMILES string of the molecule is CCCCCCCCCCCCCCO.[Ti].[Ti]. The normalized spacial score (nSPS) is 9.53. The Balaban J connectivity index is -0.000000980. The quantitative estimate of drug-likeness (QED) is 0.410. The molecule has 0 aromatic heterocycles. The molecule has 17 heavy (non-hydrogen) atoms. The molecular formula is C14H30OTi2. The van der Waals surface area contributed by atoms with Gasteiger partial charge in [-0.2, -0.15) is 0 Å². The first-order valence-electron chi connectivity index (χ1n) is 7.02. The van der Waals surface area contributed by atoms with E-state index in [0.717, 1.165) is 6.42 Å². The van der Waals surface area contributed by atoms with Gasteiger partial charge in [-0.15, -0.1) is 0 Å². The van der Waals surface area contributed by atoms with Gasteiger partial charge in [-0.05, 0) is 6.42 Å². The van der Waals surface area contributed by atoms with Gasteiger partial charge >= 0.3 is 0 Å². The summed E-state index contributed by atoms with van der Waals surface area (Å²) < 4.78 is 0. The summed E-state index contributed by atoms with van der Waals surface area (Å²) >= 11 is 0. The monoisotopic (exact) mass is 310 g/mol. The van der Waals surface area contributed by atoms with E-state index in [-0.39, 0.29) is 43.4 Å². The molecule has 0 heterocycles. The summed E-state index contributed by atoms with van der Waals surface area (Å²) in [6.07, 6.45) is 16.2. The zero-order valence-electron chi connectivity index (χ0n) is 11.6. The predicted molar refractivity (Wildman–Crippen MR) is 68.2 cm³/mol. The van der Waals surface area contributed by atoms with Crippen molar-refractivity contribution in [3.63, 3.8) is 0 Å². The minimum Gasteiger partial charge on any atom is -0.396 e. The molecule has 0 fully saturated rings. The second-order valence-corrected chi connectivity index (χ2v) is 4.61. The van der Waals surface area contributed by atoms with Crippen LogP contribution >= 0.6 is 0 Å². The van der Waals surface area contributed by atoms with Gasteiger partial charge < -0.3 is 5.11 Å². The standard InChI is InChI=1S/C14H30O.2Ti/c1-2-3-4-5-6-7-8-9-10-11-12-13-14-15;;/h15H,2-14H2,1H3;;. The first-order chi connectivity index (χ1) is 7.41. The molecule has 0 aliphatic heterocycles. The van der Waals surface area contributed by atoms with E-state index >= 15 is 0 Å². The fraction of sp³-hybridized carbons (Fsp3) is 1.00. The first kappa shape index (κ1) is 23.5. The third-order valence-corrected chi connectivity index (χ3v) is 3.01. The molecule has 0 aromatic carbocycles. The number of hydrogen-bond donors (Lipinski definition) is 1. The average Bonchev–Trinajstić information content (AvgIpc) is 2.26. The molecule has 0 unspecified atom stereocenters. The van der Waals surface area contributed by atoms with Crippen LogP contribution in [0, 0.1) is 0 Å². The van der Waals surface area contributed by atoms with Crippen molar-refractivity contribution in [2.75, 3.05) is 6.61 Å². The molecule has 0 aliphatic rings. The van der Waals surface area contributed by atoms with E-state index in [0.29, 0.717) is 6.61 Å². The van der Waals surface area contributed by atoms with E-state index in [1.54, 1.807) is 0 Å². The van der Waals surface area contributed by atoms with Crippen LogP contribution in [0.3, 0.4) is 0 Å². The van der Waals surface area contributed by atoms with Crippen molar-refractivity contribution >= 4 is 0 Å². The molecule has 3 heteroatoms. The number of unbranched alkanes of at least 4 members (excludes halogenated alkanes) is 11. The van der Waals surface area contributed by atoms with E-state index in [1.807, 2.05) is 0 Å². The molecule has 0 saturated heterocycles. The molecule has 1 N–H and O–H groups in total. The largest absolute Gasteiger partial charge is 0.396 e. The second kappa shape index (κ2) is 22.6. The maximum absolute atomic E-state index is 8.61. The molecule has 0 atom stereocenters. The van der Waals surface area contributed by atoms with Gasteiger partial charge in [0.05, 0.1) is 0 Å². The Bertz CT molecular complexity index is 98.4. The summed E-state index contributed by atoms with van der Waals surface area (Å²) in [5.41, 5.74) is 0. The Morgan fingerprint density at radius 2 is 0.824 bits per heavy atom. The molecule has 1 nitrogen and oxygen atoms in total. The van der Waals surface area contributed by atoms with E-state index in [2.05, 4.69) is 6.92 Å². The van der Waals surface area contributed by atoms with Gasteiger partial charge in [-0.3, -0.25) is 0 Å². The predicted octanol–water partition coefficient (Wildman–Crippen LogP) is 4.67. The van der Waals surface area contributed by atoms with Crippen LogP contribution in [0.1, 0.15) is 84.0 Å². The van der Waals surface area contributed by atoms with Crippen molar-refractivity contribution in [1.82, 2.24) is 0 Å².